The highest BCUT2D eigenvalue weighted by atomic mass is 16.6. The Hall–Kier alpha value is -2.01. The van der Waals surface area contributed by atoms with Crippen LogP contribution in [0.1, 0.15) is 34.6 Å². The summed E-state index contributed by atoms with van der Waals surface area (Å²) in [6.07, 6.45) is 1.29. The van der Waals surface area contributed by atoms with Crippen molar-refractivity contribution in [3.05, 3.63) is 36.9 Å². The number of carbonyl (C=O) groups is 1. The van der Waals surface area contributed by atoms with Gasteiger partial charge in [0, 0.05) is 12.6 Å². The zero-order chi connectivity index (χ0) is 18.9. The number of rotatable bonds is 10. The normalized spacial score (nSPS) is 12.6. The number of carbonyl (C=O) groups excluding carboxylic acids is 1. The van der Waals surface area contributed by atoms with Crippen molar-refractivity contribution in [1.29, 1.82) is 0 Å². The maximum atomic E-state index is 12.2. The molecule has 0 bridgehead atoms. The molecule has 0 heterocycles. The lowest BCUT2D eigenvalue weighted by Gasteiger charge is -2.25. The van der Waals surface area contributed by atoms with Gasteiger partial charge < -0.3 is 19.5 Å². The lowest BCUT2D eigenvalue weighted by molar-refractivity contribution is -0.160. The molecule has 140 valence electrons. The lowest BCUT2D eigenvalue weighted by atomic mass is 9.97. The van der Waals surface area contributed by atoms with Crippen LogP contribution in [0.5, 0.6) is 11.5 Å². The van der Waals surface area contributed by atoms with E-state index in [1.165, 1.54) is 0 Å². The summed E-state index contributed by atoms with van der Waals surface area (Å²) in [7, 11) is 0. The number of ether oxygens (including phenoxy) is 3. The number of hydrogen-bond donors (Lipinski definition) is 1. The Morgan fingerprint density at radius 3 is 2.32 bits per heavy atom. The van der Waals surface area contributed by atoms with Gasteiger partial charge in [-0.05, 0) is 32.9 Å². The molecule has 0 saturated carbocycles. The minimum Gasteiger partial charge on any atom is -0.486 e. The molecule has 25 heavy (non-hydrogen) atoms. The highest BCUT2D eigenvalue weighted by molar-refractivity contribution is 5.75. The third-order valence-electron chi connectivity index (χ3n) is 3.27. The van der Waals surface area contributed by atoms with Crippen LogP contribution >= 0.6 is 0 Å². The van der Waals surface area contributed by atoms with Crippen LogP contribution in [0.25, 0.3) is 0 Å². The van der Waals surface area contributed by atoms with E-state index in [1.54, 1.807) is 6.08 Å². The van der Waals surface area contributed by atoms with Crippen LogP contribution in [0.2, 0.25) is 0 Å². The first-order chi connectivity index (χ1) is 11.7. The Kier molecular flexibility index (Phi) is 8.49. The van der Waals surface area contributed by atoms with E-state index in [2.05, 4.69) is 11.9 Å². The van der Waals surface area contributed by atoms with Gasteiger partial charge in [0.15, 0.2) is 11.5 Å². The standard InChI is InChI=1S/C20H31NO4/c1-7-12-23-17-10-8-9-11-18(17)24-14-16(13-21-15(2)3)25-19(22)20(4,5)6/h7-11,15-16,21H,1,12-14H2,2-6H3. The first kappa shape index (κ1) is 21.0. The van der Waals surface area contributed by atoms with Crippen LogP contribution in [0.4, 0.5) is 0 Å². The molecule has 0 fully saturated rings. The number of esters is 1. The van der Waals surface area contributed by atoms with E-state index in [-0.39, 0.29) is 18.7 Å². The number of nitrogens with one attached hydrogen (secondary N) is 1. The maximum Gasteiger partial charge on any atom is 0.311 e. The lowest BCUT2D eigenvalue weighted by Crippen LogP contribution is -2.40. The molecule has 0 aliphatic rings. The van der Waals surface area contributed by atoms with Gasteiger partial charge in [-0.1, -0.05) is 38.6 Å². The molecular weight excluding hydrogens is 318 g/mol. The van der Waals surface area contributed by atoms with Crippen molar-refractivity contribution in [1.82, 2.24) is 5.32 Å². The van der Waals surface area contributed by atoms with Gasteiger partial charge in [0.25, 0.3) is 0 Å². The van der Waals surface area contributed by atoms with Crippen LogP contribution in [0.3, 0.4) is 0 Å². The van der Waals surface area contributed by atoms with E-state index in [4.69, 9.17) is 14.2 Å². The maximum absolute atomic E-state index is 12.2. The first-order valence-corrected chi connectivity index (χ1v) is 8.64. The molecule has 1 atom stereocenters. The van der Waals surface area contributed by atoms with Gasteiger partial charge in [-0.3, -0.25) is 4.79 Å². The van der Waals surface area contributed by atoms with Gasteiger partial charge in [-0.15, -0.1) is 0 Å². The Balaban J connectivity index is 2.74. The second-order valence-corrected chi connectivity index (χ2v) is 7.20. The van der Waals surface area contributed by atoms with Crippen molar-refractivity contribution in [3.63, 3.8) is 0 Å². The predicted molar refractivity (Wildman–Crippen MR) is 100 cm³/mol. The van der Waals surface area contributed by atoms with Gasteiger partial charge in [0.05, 0.1) is 5.41 Å². The molecule has 1 aromatic rings. The molecule has 0 spiro atoms. The zero-order valence-corrected chi connectivity index (χ0v) is 16.0. The molecule has 5 nitrogen and oxygen atoms in total. The summed E-state index contributed by atoms with van der Waals surface area (Å²) in [6.45, 7) is 14.4. The molecule has 1 rings (SSSR count). The summed E-state index contributed by atoms with van der Waals surface area (Å²) in [6, 6.07) is 7.71. The summed E-state index contributed by atoms with van der Waals surface area (Å²) < 4.78 is 17.1. The van der Waals surface area contributed by atoms with Crippen molar-refractivity contribution < 1.29 is 19.0 Å². The SMILES string of the molecule is C=CCOc1ccccc1OCC(CNC(C)C)OC(=O)C(C)(C)C. The van der Waals surface area contributed by atoms with Gasteiger partial charge in [-0.25, -0.2) is 0 Å². The monoisotopic (exact) mass is 349 g/mol. The quantitative estimate of drug-likeness (QED) is 0.517. The second kappa shape index (κ2) is 10.1. The summed E-state index contributed by atoms with van der Waals surface area (Å²) in [4.78, 5) is 12.2. The molecule has 0 aliphatic heterocycles. The average Bonchev–Trinajstić information content (AvgIpc) is 2.54. The van der Waals surface area contributed by atoms with Gasteiger partial charge >= 0.3 is 5.97 Å². The molecule has 0 radical (unpaired) electrons. The highest BCUT2D eigenvalue weighted by Gasteiger charge is 2.27. The second-order valence-electron chi connectivity index (χ2n) is 7.20. The Morgan fingerprint density at radius 2 is 1.80 bits per heavy atom. The molecule has 0 aromatic heterocycles. The van der Waals surface area contributed by atoms with Crippen LogP contribution in [-0.2, 0) is 9.53 Å². The Labute approximate surface area is 151 Å². The summed E-state index contributed by atoms with van der Waals surface area (Å²) in [5.74, 6) is 1.01. The highest BCUT2D eigenvalue weighted by Crippen LogP contribution is 2.27. The van der Waals surface area contributed by atoms with Crippen molar-refractivity contribution in [2.45, 2.75) is 46.8 Å². The minimum atomic E-state index is -0.555. The van der Waals surface area contributed by atoms with Crippen molar-refractivity contribution >= 4 is 5.97 Å². The fourth-order valence-corrected chi connectivity index (χ4v) is 1.85. The third kappa shape index (κ3) is 8.07. The molecular formula is C20H31NO4. The topological polar surface area (TPSA) is 56.8 Å². The van der Waals surface area contributed by atoms with E-state index in [1.807, 2.05) is 58.9 Å². The smallest absolute Gasteiger partial charge is 0.311 e. The molecule has 5 heteroatoms. The molecule has 0 aliphatic carbocycles. The molecule has 0 saturated heterocycles. The van der Waals surface area contributed by atoms with E-state index in [9.17, 15) is 4.79 Å². The van der Waals surface area contributed by atoms with Crippen LogP contribution in [0.15, 0.2) is 36.9 Å². The van der Waals surface area contributed by atoms with Gasteiger partial charge in [-0.2, -0.15) is 0 Å². The fourth-order valence-electron chi connectivity index (χ4n) is 1.85. The van der Waals surface area contributed by atoms with E-state index >= 15 is 0 Å². The van der Waals surface area contributed by atoms with Crippen molar-refractivity contribution in [2.75, 3.05) is 19.8 Å². The first-order valence-electron chi connectivity index (χ1n) is 8.64. The Morgan fingerprint density at radius 1 is 1.20 bits per heavy atom. The summed E-state index contributed by atoms with van der Waals surface area (Å²) >= 11 is 0. The molecule has 0 amide bonds. The number of para-hydroxylation sites is 2. The molecule has 1 unspecified atom stereocenters. The number of benzene rings is 1. The van der Waals surface area contributed by atoms with E-state index in [0.29, 0.717) is 30.7 Å². The minimum absolute atomic E-state index is 0.246. The third-order valence-corrected chi connectivity index (χ3v) is 3.27. The Bertz CT molecular complexity index is 549. The molecule has 1 N–H and O–H groups in total. The van der Waals surface area contributed by atoms with Crippen LogP contribution in [-0.4, -0.2) is 37.9 Å². The van der Waals surface area contributed by atoms with Gasteiger partial charge in [0.1, 0.15) is 19.3 Å². The number of hydrogen-bond acceptors (Lipinski definition) is 5. The van der Waals surface area contributed by atoms with E-state index < -0.39 is 5.41 Å². The van der Waals surface area contributed by atoms with Crippen LogP contribution in [0, 0.1) is 5.41 Å². The zero-order valence-electron chi connectivity index (χ0n) is 16.0. The summed E-state index contributed by atoms with van der Waals surface area (Å²) in [5, 5.41) is 3.29. The average molecular weight is 349 g/mol. The largest absolute Gasteiger partial charge is 0.486 e. The fraction of sp³-hybridized carbons (Fsp3) is 0.550. The summed E-state index contributed by atoms with van der Waals surface area (Å²) in [5.41, 5.74) is -0.555. The molecule has 1 aromatic carbocycles. The van der Waals surface area contributed by atoms with E-state index in [0.717, 1.165) is 0 Å². The van der Waals surface area contributed by atoms with Crippen molar-refractivity contribution in [2.24, 2.45) is 5.41 Å². The predicted octanol–water partition coefficient (Wildman–Crippen LogP) is 3.59. The van der Waals surface area contributed by atoms with Crippen LogP contribution < -0.4 is 14.8 Å². The van der Waals surface area contributed by atoms with Gasteiger partial charge in [0.2, 0.25) is 0 Å². The van der Waals surface area contributed by atoms with Crippen molar-refractivity contribution in [3.8, 4) is 11.5 Å².